The third-order valence-electron chi connectivity index (χ3n) is 1.36. The molecule has 0 rings (SSSR count). The van der Waals surface area contributed by atoms with E-state index in [1.807, 2.05) is 19.3 Å². The van der Waals surface area contributed by atoms with E-state index in [-0.39, 0.29) is 6.10 Å². The van der Waals surface area contributed by atoms with Crippen LogP contribution in [0.1, 0.15) is 13.8 Å². The molecule has 0 saturated carbocycles. The number of hydrogen-bond donors (Lipinski definition) is 3. The molecule has 15 heavy (non-hydrogen) atoms. The van der Waals surface area contributed by atoms with Crippen LogP contribution in [-0.4, -0.2) is 43.0 Å². The second kappa shape index (κ2) is 8.01. The number of hydrogen-bond acceptors (Lipinski definition) is 4. The molecule has 0 aromatic heterocycles. The molecule has 0 aliphatic rings. The first kappa shape index (κ1) is 13.7. The van der Waals surface area contributed by atoms with Crippen molar-refractivity contribution in [2.45, 2.75) is 20.0 Å². The molecule has 0 aromatic rings. The van der Waals surface area contributed by atoms with Crippen LogP contribution in [0.3, 0.4) is 0 Å². The molecule has 2 amide bonds. The van der Waals surface area contributed by atoms with Gasteiger partial charge in [-0.2, -0.15) is 0 Å². The summed E-state index contributed by atoms with van der Waals surface area (Å²) in [6.45, 7) is 3.99. The van der Waals surface area contributed by atoms with E-state index in [4.69, 9.17) is 9.84 Å². The number of carboxylic acids is 1. The molecule has 0 bridgehead atoms. The van der Waals surface area contributed by atoms with E-state index in [0.29, 0.717) is 13.2 Å². The van der Waals surface area contributed by atoms with Gasteiger partial charge in [0.05, 0.1) is 6.10 Å². The molecular formula is C8H16N2O5. The van der Waals surface area contributed by atoms with Crippen LogP contribution in [0.5, 0.6) is 0 Å². The highest BCUT2D eigenvalue weighted by Crippen LogP contribution is 1.86. The molecule has 0 heterocycles. The molecule has 0 radical (unpaired) electrons. The van der Waals surface area contributed by atoms with Crippen molar-refractivity contribution in [2.24, 2.45) is 0 Å². The van der Waals surface area contributed by atoms with Crippen LogP contribution in [0, 0.1) is 0 Å². The second-order valence-corrected chi connectivity index (χ2v) is 2.76. The van der Waals surface area contributed by atoms with E-state index < -0.39 is 18.6 Å². The molecule has 88 valence electrons. The Hall–Kier alpha value is -1.34. The highest BCUT2D eigenvalue weighted by Gasteiger charge is 2.05. The number of hydroxylamine groups is 1. The van der Waals surface area contributed by atoms with Crippen molar-refractivity contribution in [3.05, 3.63) is 0 Å². The molecule has 3 N–H and O–H groups in total. The Morgan fingerprint density at radius 1 is 1.47 bits per heavy atom. The standard InChI is InChI=1S/C8H16N2O5/c1-3-14-6(2)4-9-8(13)10-15-5-7(11)12/h6H,3-5H2,1-2H3,(H,11,12)(H2,9,10,13). The SMILES string of the molecule is CCOC(C)CNC(=O)NOCC(=O)O. The van der Waals surface area contributed by atoms with Gasteiger partial charge in [0.2, 0.25) is 0 Å². The number of nitrogens with one attached hydrogen (secondary N) is 2. The summed E-state index contributed by atoms with van der Waals surface area (Å²) in [5, 5.41) is 10.6. The summed E-state index contributed by atoms with van der Waals surface area (Å²) in [7, 11) is 0. The lowest BCUT2D eigenvalue weighted by molar-refractivity contribution is -0.144. The van der Waals surface area contributed by atoms with E-state index in [0.717, 1.165) is 0 Å². The minimum Gasteiger partial charge on any atom is -0.479 e. The first-order chi connectivity index (χ1) is 7.06. The Labute approximate surface area is 87.7 Å². The van der Waals surface area contributed by atoms with Crippen LogP contribution in [-0.2, 0) is 14.4 Å². The van der Waals surface area contributed by atoms with Crippen LogP contribution < -0.4 is 10.8 Å². The minimum atomic E-state index is -1.15. The van der Waals surface area contributed by atoms with Crippen molar-refractivity contribution in [3.63, 3.8) is 0 Å². The van der Waals surface area contributed by atoms with Crippen molar-refractivity contribution in [3.8, 4) is 0 Å². The number of carbonyl (C=O) groups excluding carboxylic acids is 1. The van der Waals surface area contributed by atoms with E-state index in [1.165, 1.54) is 0 Å². The summed E-state index contributed by atoms with van der Waals surface area (Å²) in [6, 6.07) is -0.595. The Bertz CT molecular complexity index is 209. The highest BCUT2D eigenvalue weighted by atomic mass is 16.7. The molecule has 0 aliphatic heterocycles. The molecular weight excluding hydrogens is 204 g/mol. The van der Waals surface area contributed by atoms with Gasteiger partial charge in [-0.25, -0.2) is 15.1 Å². The normalized spacial score (nSPS) is 11.9. The zero-order valence-corrected chi connectivity index (χ0v) is 8.78. The fourth-order valence-electron chi connectivity index (χ4n) is 0.779. The van der Waals surface area contributed by atoms with E-state index >= 15 is 0 Å². The average Bonchev–Trinajstić information content (AvgIpc) is 2.14. The van der Waals surface area contributed by atoms with Crippen molar-refractivity contribution in [1.29, 1.82) is 0 Å². The maximum atomic E-state index is 10.9. The summed E-state index contributed by atoms with van der Waals surface area (Å²) < 4.78 is 5.16. The van der Waals surface area contributed by atoms with Gasteiger partial charge in [-0.3, -0.25) is 4.84 Å². The van der Waals surface area contributed by atoms with Crippen molar-refractivity contribution in [1.82, 2.24) is 10.8 Å². The Morgan fingerprint density at radius 3 is 2.67 bits per heavy atom. The quantitative estimate of drug-likeness (QED) is 0.513. The number of aliphatic carboxylic acids is 1. The summed E-state index contributed by atoms with van der Waals surface area (Å²) >= 11 is 0. The Balaban J connectivity index is 3.44. The van der Waals surface area contributed by atoms with Crippen molar-refractivity contribution >= 4 is 12.0 Å². The number of amides is 2. The Kier molecular flexibility index (Phi) is 7.29. The minimum absolute atomic E-state index is 0.0970. The van der Waals surface area contributed by atoms with Gasteiger partial charge >= 0.3 is 12.0 Å². The molecule has 0 spiro atoms. The van der Waals surface area contributed by atoms with Crippen LogP contribution >= 0.6 is 0 Å². The third-order valence-corrected chi connectivity index (χ3v) is 1.36. The van der Waals surface area contributed by atoms with Gasteiger partial charge in [0.25, 0.3) is 0 Å². The molecule has 7 nitrogen and oxygen atoms in total. The van der Waals surface area contributed by atoms with Gasteiger partial charge < -0.3 is 15.2 Å². The number of ether oxygens (including phenoxy) is 1. The van der Waals surface area contributed by atoms with Gasteiger partial charge in [-0.1, -0.05) is 0 Å². The van der Waals surface area contributed by atoms with Crippen LogP contribution in [0.25, 0.3) is 0 Å². The van der Waals surface area contributed by atoms with E-state index in [9.17, 15) is 9.59 Å². The topological polar surface area (TPSA) is 96.9 Å². The zero-order valence-electron chi connectivity index (χ0n) is 8.78. The van der Waals surface area contributed by atoms with Crippen LogP contribution in [0.4, 0.5) is 4.79 Å². The molecule has 0 aliphatic carbocycles. The number of carboxylic acid groups (broad SMARTS) is 1. The van der Waals surface area contributed by atoms with Crippen molar-refractivity contribution < 1.29 is 24.3 Å². The first-order valence-corrected chi connectivity index (χ1v) is 4.55. The van der Waals surface area contributed by atoms with Gasteiger partial charge in [0, 0.05) is 13.2 Å². The largest absolute Gasteiger partial charge is 0.479 e. The van der Waals surface area contributed by atoms with Crippen molar-refractivity contribution in [2.75, 3.05) is 19.8 Å². The summed E-state index contributed by atoms with van der Waals surface area (Å²) in [5.41, 5.74) is 1.93. The van der Waals surface area contributed by atoms with Gasteiger partial charge in [-0.15, -0.1) is 0 Å². The van der Waals surface area contributed by atoms with E-state index in [1.54, 1.807) is 0 Å². The lowest BCUT2D eigenvalue weighted by atomic mass is 10.4. The molecule has 1 atom stereocenters. The molecule has 0 aromatic carbocycles. The molecule has 0 saturated heterocycles. The summed E-state index contributed by atoms with van der Waals surface area (Å²) in [6.07, 6.45) is -0.0970. The molecule has 0 fully saturated rings. The average molecular weight is 220 g/mol. The second-order valence-electron chi connectivity index (χ2n) is 2.76. The smallest absolute Gasteiger partial charge is 0.338 e. The first-order valence-electron chi connectivity index (χ1n) is 4.55. The predicted octanol–water partition coefficient (Wildman–Crippen LogP) is -0.273. The highest BCUT2D eigenvalue weighted by molar-refractivity contribution is 5.73. The zero-order chi connectivity index (χ0) is 11.7. The lowest BCUT2D eigenvalue weighted by Gasteiger charge is -2.12. The predicted molar refractivity (Wildman–Crippen MR) is 51.2 cm³/mol. The summed E-state index contributed by atoms with van der Waals surface area (Å²) in [5.74, 6) is -1.15. The Morgan fingerprint density at radius 2 is 2.13 bits per heavy atom. The van der Waals surface area contributed by atoms with Crippen LogP contribution in [0.15, 0.2) is 0 Å². The molecule has 1 unspecified atom stereocenters. The maximum Gasteiger partial charge on any atom is 0.338 e. The van der Waals surface area contributed by atoms with Gasteiger partial charge in [-0.05, 0) is 13.8 Å². The monoisotopic (exact) mass is 220 g/mol. The fraction of sp³-hybridized carbons (Fsp3) is 0.750. The number of urea groups is 1. The number of carbonyl (C=O) groups is 2. The fourth-order valence-corrected chi connectivity index (χ4v) is 0.779. The molecule has 7 heteroatoms. The summed E-state index contributed by atoms with van der Waals surface area (Å²) in [4.78, 5) is 25.3. The van der Waals surface area contributed by atoms with E-state index in [2.05, 4.69) is 10.2 Å². The van der Waals surface area contributed by atoms with Gasteiger partial charge in [0.1, 0.15) is 0 Å². The maximum absolute atomic E-state index is 10.9. The lowest BCUT2D eigenvalue weighted by Crippen LogP contribution is -2.40. The van der Waals surface area contributed by atoms with Gasteiger partial charge in [0.15, 0.2) is 6.61 Å². The third kappa shape index (κ3) is 8.98. The van der Waals surface area contributed by atoms with Crippen LogP contribution in [0.2, 0.25) is 0 Å². The number of rotatable bonds is 7.